The molecular weight excluding hydrogens is 188 g/mol. The first-order valence-corrected chi connectivity index (χ1v) is 6.75. The average Bonchev–Trinajstić information content (AvgIpc) is 2.04. The van der Waals surface area contributed by atoms with Gasteiger partial charge in [-0.3, -0.25) is 0 Å². The Bertz CT molecular complexity index is 233. The van der Waals surface area contributed by atoms with E-state index in [1.54, 1.807) is 0 Å². The molecule has 0 aliphatic carbocycles. The number of hydrogen-bond acceptors (Lipinski definition) is 2. The van der Waals surface area contributed by atoms with Gasteiger partial charge in [0, 0.05) is 13.0 Å². The summed E-state index contributed by atoms with van der Waals surface area (Å²) in [5, 5.41) is 2.33. The zero-order valence-corrected chi connectivity index (χ0v) is 8.94. The van der Waals surface area contributed by atoms with Crippen LogP contribution in [0, 0.1) is 0 Å². The van der Waals surface area contributed by atoms with Gasteiger partial charge in [0.1, 0.15) is 0 Å². The minimum atomic E-state index is -2.99. The monoisotopic (exact) mass is 207 g/mol. The molecule has 1 aliphatic rings. The molecule has 0 bridgehead atoms. The van der Waals surface area contributed by atoms with Crippen molar-refractivity contribution in [3.8, 4) is 0 Å². The van der Waals surface area contributed by atoms with Gasteiger partial charge in [0.25, 0.3) is 0 Å². The molecule has 0 aromatic heterocycles. The first-order valence-electron chi connectivity index (χ1n) is 4.86. The molecule has 1 aliphatic heterocycles. The average molecular weight is 207 g/mol. The van der Waals surface area contributed by atoms with Crippen molar-refractivity contribution in [2.75, 3.05) is 19.3 Å². The number of nitrogens with one attached hydrogen (secondary N) is 1. The Morgan fingerprint density at radius 3 is 2.77 bits per heavy atom. The molecular formula is C8H19N2O2S+. The number of sulfonamides is 1. The summed E-state index contributed by atoms with van der Waals surface area (Å²) in [7, 11) is -2.99. The maximum atomic E-state index is 10.8. The summed E-state index contributed by atoms with van der Waals surface area (Å²) in [5.41, 5.74) is 0. The lowest BCUT2D eigenvalue weighted by atomic mass is 10.0. The zero-order valence-electron chi connectivity index (χ0n) is 8.12. The Morgan fingerprint density at radius 1 is 1.46 bits per heavy atom. The van der Waals surface area contributed by atoms with E-state index >= 15 is 0 Å². The van der Waals surface area contributed by atoms with Gasteiger partial charge in [0.2, 0.25) is 10.0 Å². The highest BCUT2D eigenvalue weighted by molar-refractivity contribution is 7.88. The third kappa shape index (κ3) is 5.23. The van der Waals surface area contributed by atoms with Gasteiger partial charge >= 0.3 is 0 Å². The largest absolute Gasteiger partial charge is 0.344 e. The van der Waals surface area contributed by atoms with Crippen molar-refractivity contribution in [2.24, 2.45) is 0 Å². The smallest absolute Gasteiger partial charge is 0.208 e. The summed E-state index contributed by atoms with van der Waals surface area (Å²) in [6.07, 6.45) is 5.98. The Hall–Kier alpha value is -0.130. The maximum Gasteiger partial charge on any atom is 0.208 e. The zero-order chi connectivity index (χ0) is 9.73. The lowest BCUT2D eigenvalue weighted by molar-refractivity contribution is -0.697. The van der Waals surface area contributed by atoms with E-state index in [1.165, 1.54) is 32.1 Å². The van der Waals surface area contributed by atoms with Gasteiger partial charge in [-0.1, -0.05) is 0 Å². The van der Waals surface area contributed by atoms with Crippen molar-refractivity contribution >= 4 is 10.0 Å². The van der Waals surface area contributed by atoms with Crippen LogP contribution in [-0.4, -0.2) is 33.8 Å². The summed E-state index contributed by atoms with van der Waals surface area (Å²) in [6, 6.07) is 0.628. The van der Waals surface area contributed by atoms with E-state index in [0.29, 0.717) is 12.6 Å². The van der Waals surface area contributed by atoms with E-state index in [1.807, 2.05) is 0 Å². The van der Waals surface area contributed by atoms with Crippen LogP contribution in [-0.2, 0) is 10.0 Å². The van der Waals surface area contributed by atoms with E-state index in [0.717, 1.165) is 6.42 Å². The number of nitrogens with two attached hydrogens (primary N) is 1. The van der Waals surface area contributed by atoms with Gasteiger partial charge in [0.15, 0.2) is 0 Å². The summed E-state index contributed by atoms with van der Waals surface area (Å²) < 4.78 is 24.0. The van der Waals surface area contributed by atoms with E-state index in [9.17, 15) is 8.42 Å². The van der Waals surface area contributed by atoms with Crippen LogP contribution in [0.25, 0.3) is 0 Å². The molecule has 1 heterocycles. The molecule has 4 nitrogen and oxygen atoms in total. The van der Waals surface area contributed by atoms with Crippen molar-refractivity contribution in [3.05, 3.63) is 0 Å². The fourth-order valence-corrected chi connectivity index (χ4v) is 2.20. The van der Waals surface area contributed by atoms with Crippen LogP contribution in [0.5, 0.6) is 0 Å². The van der Waals surface area contributed by atoms with Crippen molar-refractivity contribution < 1.29 is 13.7 Å². The summed E-state index contributed by atoms with van der Waals surface area (Å²) in [6.45, 7) is 1.78. The van der Waals surface area contributed by atoms with Crippen LogP contribution in [0.4, 0.5) is 0 Å². The normalized spacial score (nSPS) is 24.5. The molecule has 1 rings (SSSR count). The lowest BCUT2D eigenvalue weighted by Gasteiger charge is -2.19. The first-order chi connectivity index (χ1) is 6.08. The Balaban J connectivity index is 2.11. The highest BCUT2D eigenvalue weighted by Crippen LogP contribution is 2.03. The van der Waals surface area contributed by atoms with E-state index in [-0.39, 0.29) is 0 Å². The third-order valence-corrected chi connectivity index (χ3v) is 3.14. The van der Waals surface area contributed by atoms with Gasteiger partial charge in [0.05, 0.1) is 18.8 Å². The van der Waals surface area contributed by atoms with Crippen molar-refractivity contribution in [1.82, 2.24) is 4.72 Å². The summed E-state index contributed by atoms with van der Waals surface area (Å²) >= 11 is 0. The fourth-order valence-electron chi connectivity index (χ4n) is 1.71. The molecule has 3 N–H and O–H groups in total. The molecule has 0 amide bonds. The first kappa shape index (κ1) is 10.9. The molecule has 0 spiro atoms. The lowest BCUT2D eigenvalue weighted by Crippen LogP contribution is -2.91. The number of quaternary nitrogens is 1. The fraction of sp³-hybridized carbons (Fsp3) is 1.00. The van der Waals surface area contributed by atoms with Gasteiger partial charge in [-0.15, -0.1) is 0 Å². The van der Waals surface area contributed by atoms with Crippen LogP contribution in [0.2, 0.25) is 0 Å². The second-order valence-corrected chi connectivity index (χ2v) is 5.57. The molecule has 13 heavy (non-hydrogen) atoms. The quantitative estimate of drug-likeness (QED) is 0.624. The second kappa shape index (κ2) is 4.93. The number of hydrogen-bond donors (Lipinski definition) is 2. The van der Waals surface area contributed by atoms with Crippen LogP contribution in [0.3, 0.4) is 0 Å². The van der Waals surface area contributed by atoms with E-state index in [4.69, 9.17) is 0 Å². The molecule has 0 unspecified atom stereocenters. The van der Waals surface area contributed by atoms with Gasteiger partial charge < -0.3 is 5.32 Å². The Morgan fingerprint density at radius 2 is 2.23 bits per heavy atom. The van der Waals surface area contributed by atoms with Crippen LogP contribution in [0.15, 0.2) is 0 Å². The minimum absolute atomic E-state index is 0.583. The van der Waals surface area contributed by atoms with Crippen LogP contribution < -0.4 is 10.0 Å². The van der Waals surface area contributed by atoms with E-state index < -0.39 is 10.0 Å². The molecule has 0 radical (unpaired) electrons. The molecule has 5 heteroatoms. The summed E-state index contributed by atoms with van der Waals surface area (Å²) in [5.74, 6) is 0. The van der Waals surface area contributed by atoms with Crippen LogP contribution >= 0.6 is 0 Å². The minimum Gasteiger partial charge on any atom is -0.344 e. The Kier molecular flexibility index (Phi) is 4.15. The SMILES string of the molecule is CS(=O)(=O)NCC[C@@H]1CCCC[NH2+]1. The van der Waals surface area contributed by atoms with Gasteiger partial charge in [-0.05, 0) is 19.3 Å². The summed E-state index contributed by atoms with van der Waals surface area (Å²) in [4.78, 5) is 0. The molecule has 0 aromatic carbocycles. The maximum absolute atomic E-state index is 10.8. The standard InChI is InChI=1S/C8H18N2O2S/c1-13(11,12)10-7-5-8-4-2-3-6-9-8/h8-10H,2-7H2,1H3/p+1/t8-/m0/s1. The van der Waals surface area contributed by atoms with Gasteiger partial charge in [-0.2, -0.15) is 0 Å². The molecule has 1 fully saturated rings. The van der Waals surface area contributed by atoms with Crippen molar-refractivity contribution in [2.45, 2.75) is 31.7 Å². The molecule has 0 aromatic rings. The van der Waals surface area contributed by atoms with Gasteiger partial charge in [-0.25, -0.2) is 13.1 Å². The number of rotatable bonds is 4. The highest BCUT2D eigenvalue weighted by Gasteiger charge is 2.15. The molecule has 1 atom stereocenters. The topological polar surface area (TPSA) is 62.8 Å². The predicted octanol–water partition coefficient (Wildman–Crippen LogP) is -0.958. The third-order valence-electron chi connectivity index (χ3n) is 2.41. The Labute approximate surface area is 80.1 Å². The second-order valence-electron chi connectivity index (χ2n) is 3.74. The number of piperidine rings is 1. The van der Waals surface area contributed by atoms with Crippen LogP contribution in [0.1, 0.15) is 25.7 Å². The van der Waals surface area contributed by atoms with E-state index in [2.05, 4.69) is 10.0 Å². The highest BCUT2D eigenvalue weighted by atomic mass is 32.2. The molecule has 78 valence electrons. The predicted molar refractivity (Wildman–Crippen MR) is 51.9 cm³/mol. The molecule has 0 saturated carbocycles. The molecule has 1 saturated heterocycles. The van der Waals surface area contributed by atoms with Crippen molar-refractivity contribution in [3.63, 3.8) is 0 Å². The van der Waals surface area contributed by atoms with Crippen molar-refractivity contribution in [1.29, 1.82) is 0 Å².